The van der Waals surface area contributed by atoms with Crippen LogP contribution in [-0.2, 0) is 6.54 Å². The van der Waals surface area contributed by atoms with E-state index in [-0.39, 0.29) is 0 Å². The highest BCUT2D eigenvalue weighted by Crippen LogP contribution is 2.06. The molecule has 2 rings (SSSR count). The molecule has 18 heavy (non-hydrogen) atoms. The maximum atomic E-state index is 4.40. The van der Waals surface area contributed by atoms with Crippen LogP contribution in [0.15, 0.2) is 18.5 Å². The van der Waals surface area contributed by atoms with Crippen molar-refractivity contribution in [2.24, 2.45) is 0 Å². The van der Waals surface area contributed by atoms with E-state index in [0.717, 1.165) is 17.9 Å². The molecule has 5 heteroatoms. The smallest absolute Gasteiger partial charge is 0.155 e. The zero-order chi connectivity index (χ0) is 13.0. The Balaban J connectivity index is 1.95. The third kappa shape index (κ3) is 3.46. The number of nitrogens with one attached hydrogen (secondary N) is 1. The van der Waals surface area contributed by atoms with Crippen molar-refractivity contribution in [3.05, 3.63) is 29.7 Å². The van der Waals surface area contributed by atoms with Gasteiger partial charge in [-0.15, -0.1) is 0 Å². The van der Waals surface area contributed by atoms with Gasteiger partial charge in [-0.3, -0.25) is 0 Å². The predicted molar refractivity (Wildman–Crippen MR) is 77.0 cm³/mol. The Labute approximate surface area is 112 Å². The Kier molecular flexibility index (Phi) is 4.60. The molecule has 0 aromatic carbocycles. The molecule has 2 aromatic rings. The molecule has 2 aromatic heterocycles. The molecule has 0 aliphatic carbocycles. The lowest BCUT2D eigenvalue weighted by atomic mass is 10.2. The number of hydrogen-bond donors (Lipinski definition) is 1. The average molecular weight is 264 g/mol. The van der Waals surface area contributed by atoms with Crippen molar-refractivity contribution in [1.82, 2.24) is 19.9 Å². The topological polar surface area (TPSA) is 42.2 Å². The van der Waals surface area contributed by atoms with Crippen LogP contribution in [0, 0.1) is 6.92 Å². The van der Waals surface area contributed by atoms with Gasteiger partial charge in [-0.2, -0.15) is 16.9 Å². The number of hydrogen-bond acceptors (Lipinski definition) is 4. The van der Waals surface area contributed by atoms with E-state index in [2.05, 4.69) is 28.6 Å². The molecular formula is C13H20N4S. The minimum atomic E-state index is 0.535. The van der Waals surface area contributed by atoms with Crippen LogP contribution in [0.1, 0.15) is 24.6 Å². The number of thioether (sulfide) groups is 1. The van der Waals surface area contributed by atoms with Gasteiger partial charge in [0.2, 0.25) is 0 Å². The van der Waals surface area contributed by atoms with E-state index >= 15 is 0 Å². The summed E-state index contributed by atoms with van der Waals surface area (Å²) in [5, 5.41) is 7.88. The molecule has 1 N–H and O–H groups in total. The van der Waals surface area contributed by atoms with E-state index in [1.54, 1.807) is 0 Å². The van der Waals surface area contributed by atoms with Gasteiger partial charge in [0.15, 0.2) is 5.65 Å². The van der Waals surface area contributed by atoms with Gasteiger partial charge >= 0.3 is 0 Å². The first-order chi connectivity index (χ1) is 8.69. The second-order valence-electron chi connectivity index (χ2n) is 4.61. The Hall–Kier alpha value is -1.07. The number of fused-ring (bicyclic) bond motifs is 1. The first kappa shape index (κ1) is 13.4. The molecule has 4 nitrogen and oxygen atoms in total. The highest BCUT2D eigenvalue weighted by atomic mass is 32.2. The molecule has 1 unspecified atom stereocenters. The third-order valence-corrected chi connectivity index (χ3v) is 3.54. The zero-order valence-electron chi connectivity index (χ0n) is 11.2. The maximum Gasteiger partial charge on any atom is 0.155 e. The summed E-state index contributed by atoms with van der Waals surface area (Å²) in [5.74, 6) is 1.20. The van der Waals surface area contributed by atoms with E-state index in [9.17, 15) is 0 Å². The van der Waals surface area contributed by atoms with Crippen molar-refractivity contribution in [2.75, 3.05) is 12.0 Å². The summed E-state index contributed by atoms with van der Waals surface area (Å²) < 4.78 is 1.85. The van der Waals surface area contributed by atoms with Gasteiger partial charge in [0.05, 0.1) is 5.69 Å². The molecule has 0 aliphatic heterocycles. The second kappa shape index (κ2) is 6.20. The summed E-state index contributed by atoms with van der Waals surface area (Å²) in [5.41, 5.74) is 3.08. The van der Waals surface area contributed by atoms with Gasteiger partial charge in [-0.25, -0.2) is 9.50 Å². The van der Waals surface area contributed by atoms with Crippen LogP contribution in [0.25, 0.3) is 5.65 Å². The average Bonchev–Trinajstić information content (AvgIpc) is 2.73. The molecule has 0 saturated heterocycles. The fourth-order valence-corrected chi connectivity index (χ4v) is 2.40. The molecule has 0 spiro atoms. The quantitative estimate of drug-likeness (QED) is 0.869. The molecule has 1 atom stereocenters. The van der Waals surface area contributed by atoms with Crippen molar-refractivity contribution in [3.63, 3.8) is 0 Å². The highest BCUT2D eigenvalue weighted by Gasteiger charge is 2.03. The van der Waals surface area contributed by atoms with E-state index in [4.69, 9.17) is 0 Å². The normalized spacial score (nSPS) is 13.1. The first-order valence-electron chi connectivity index (χ1n) is 6.22. The molecule has 0 aliphatic rings. The van der Waals surface area contributed by atoms with Crippen LogP contribution in [0.3, 0.4) is 0 Å². The summed E-state index contributed by atoms with van der Waals surface area (Å²) in [6, 6.07) is 2.52. The third-order valence-electron chi connectivity index (χ3n) is 2.90. The highest BCUT2D eigenvalue weighted by molar-refractivity contribution is 7.98. The SMILES string of the molecule is CSCCC(C)NCc1cnc2cc(C)nn2c1. The van der Waals surface area contributed by atoms with Crippen molar-refractivity contribution in [3.8, 4) is 0 Å². The van der Waals surface area contributed by atoms with Gasteiger partial charge in [0.1, 0.15) is 0 Å². The number of aryl methyl sites for hydroxylation is 1. The van der Waals surface area contributed by atoms with Gasteiger partial charge < -0.3 is 5.32 Å². The van der Waals surface area contributed by atoms with Gasteiger partial charge in [-0.05, 0) is 32.3 Å². The molecule has 0 bridgehead atoms. The molecule has 0 fully saturated rings. The number of rotatable bonds is 6. The summed E-state index contributed by atoms with van der Waals surface area (Å²) in [6.07, 6.45) is 7.30. The summed E-state index contributed by atoms with van der Waals surface area (Å²) in [7, 11) is 0. The standard InChI is InChI=1S/C13H20N4S/c1-10(4-5-18-3)14-7-12-8-15-13-6-11(2)16-17(13)9-12/h6,8-10,14H,4-5,7H2,1-3H3. The Bertz CT molecular complexity index is 509. The van der Waals surface area contributed by atoms with Crippen LogP contribution in [0.2, 0.25) is 0 Å². The van der Waals surface area contributed by atoms with Crippen LogP contribution < -0.4 is 5.32 Å². The predicted octanol–water partition coefficient (Wildman–Crippen LogP) is 2.27. The summed E-state index contributed by atoms with van der Waals surface area (Å²) in [4.78, 5) is 4.40. The summed E-state index contributed by atoms with van der Waals surface area (Å²) in [6.45, 7) is 5.05. The number of aromatic nitrogens is 3. The van der Waals surface area contributed by atoms with E-state index in [0.29, 0.717) is 6.04 Å². The largest absolute Gasteiger partial charge is 0.310 e. The van der Waals surface area contributed by atoms with E-state index in [1.165, 1.54) is 17.7 Å². The molecular weight excluding hydrogens is 244 g/mol. The van der Waals surface area contributed by atoms with Crippen molar-refractivity contribution in [2.45, 2.75) is 32.9 Å². The minimum absolute atomic E-state index is 0.535. The Morgan fingerprint density at radius 3 is 3.11 bits per heavy atom. The monoisotopic (exact) mass is 264 g/mol. The van der Waals surface area contributed by atoms with Crippen LogP contribution in [0.5, 0.6) is 0 Å². The van der Waals surface area contributed by atoms with Crippen LogP contribution in [-0.4, -0.2) is 32.6 Å². The Morgan fingerprint density at radius 2 is 2.33 bits per heavy atom. The molecule has 0 radical (unpaired) electrons. The van der Waals surface area contributed by atoms with Crippen molar-refractivity contribution in [1.29, 1.82) is 0 Å². The minimum Gasteiger partial charge on any atom is -0.310 e. The van der Waals surface area contributed by atoms with Crippen LogP contribution >= 0.6 is 11.8 Å². The van der Waals surface area contributed by atoms with Crippen molar-refractivity contribution < 1.29 is 0 Å². The molecule has 98 valence electrons. The van der Waals surface area contributed by atoms with Gasteiger partial charge in [0.25, 0.3) is 0 Å². The fraction of sp³-hybridized carbons (Fsp3) is 0.538. The van der Waals surface area contributed by atoms with Gasteiger partial charge in [0, 0.05) is 36.6 Å². The van der Waals surface area contributed by atoms with E-state index < -0.39 is 0 Å². The van der Waals surface area contributed by atoms with Crippen LogP contribution in [0.4, 0.5) is 0 Å². The Morgan fingerprint density at radius 1 is 1.50 bits per heavy atom. The molecule has 0 saturated carbocycles. The number of nitrogens with zero attached hydrogens (tertiary/aromatic N) is 3. The van der Waals surface area contributed by atoms with Gasteiger partial charge in [-0.1, -0.05) is 0 Å². The fourth-order valence-electron chi connectivity index (χ4n) is 1.81. The van der Waals surface area contributed by atoms with E-state index in [1.807, 2.05) is 41.7 Å². The zero-order valence-corrected chi connectivity index (χ0v) is 12.0. The summed E-state index contributed by atoms with van der Waals surface area (Å²) >= 11 is 1.89. The second-order valence-corrected chi connectivity index (χ2v) is 5.60. The lowest BCUT2D eigenvalue weighted by molar-refractivity contribution is 0.535. The lowest BCUT2D eigenvalue weighted by Gasteiger charge is -2.12. The first-order valence-corrected chi connectivity index (χ1v) is 7.61. The molecule has 2 heterocycles. The van der Waals surface area contributed by atoms with Crippen molar-refractivity contribution >= 4 is 17.4 Å². The molecule has 0 amide bonds. The maximum absolute atomic E-state index is 4.40. The lowest BCUT2D eigenvalue weighted by Crippen LogP contribution is -2.26.